The number of unbranched alkanes of at least 4 members (excludes halogenated alkanes) is 3. The average molecular weight is 661 g/mol. The van der Waals surface area contributed by atoms with Crippen molar-refractivity contribution in [2.24, 2.45) is 23.2 Å². The van der Waals surface area contributed by atoms with Gasteiger partial charge in [0.25, 0.3) is 0 Å². The molecule has 4 aliphatic rings. The molecule has 6 atom stereocenters. The number of nitrogens with one attached hydrogen (secondary N) is 1. The molecule has 48 heavy (non-hydrogen) atoms. The molecule has 8 nitrogen and oxygen atoms in total. The molecule has 0 radical (unpaired) electrons. The van der Waals surface area contributed by atoms with Crippen molar-refractivity contribution in [1.29, 1.82) is 0 Å². The van der Waals surface area contributed by atoms with Gasteiger partial charge in [-0.25, -0.2) is 0 Å². The van der Waals surface area contributed by atoms with Gasteiger partial charge in [0.2, 0.25) is 0 Å². The number of anilines is 1. The van der Waals surface area contributed by atoms with Gasteiger partial charge in [0, 0.05) is 44.0 Å². The maximum atomic E-state index is 13.4. The molecule has 8 heteroatoms. The first-order valence-electron chi connectivity index (χ1n) is 18.2. The van der Waals surface area contributed by atoms with Gasteiger partial charge in [0.15, 0.2) is 17.2 Å². The van der Waals surface area contributed by atoms with Gasteiger partial charge < -0.3 is 20.1 Å². The van der Waals surface area contributed by atoms with Crippen molar-refractivity contribution in [3.05, 3.63) is 52.6 Å². The number of aliphatic carboxylic acids is 1. The van der Waals surface area contributed by atoms with Crippen molar-refractivity contribution in [2.45, 2.75) is 123 Å². The van der Waals surface area contributed by atoms with Crippen molar-refractivity contribution in [3.8, 4) is 0 Å². The van der Waals surface area contributed by atoms with Crippen LogP contribution in [-0.4, -0.2) is 60.4 Å². The fourth-order valence-electron chi connectivity index (χ4n) is 9.79. The van der Waals surface area contributed by atoms with Crippen LogP contribution >= 0.6 is 0 Å². The molecule has 2 N–H and O–H groups in total. The van der Waals surface area contributed by atoms with Gasteiger partial charge in [-0.15, -0.1) is 0 Å². The van der Waals surface area contributed by atoms with Gasteiger partial charge in [-0.2, -0.15) is 0 Å². The van der Waals surface area contributed by atoms with Crippen LogP contribution in [0.4, 0.5) is 5.69 Å². The van der Waals surface area contributed by atoms with Crippen molar-refractivity contribution < 1.29 is 29.0 Å². The van der Waals surface area contributed by atoms with Crippen LogP contribution in [0.3, 0.4) is 0 Å². The molecule has 5 rings (SSSR count). The van der Waals surface area contributed by atoms with E-state index >= 15 is 0 Å². The number of carboxylic acids is 1. The Kier molecular flexibility index (Phi) is 11.0. The van der Waals surface area contributed by atoms with E-state index < -0.39 is 29.0 Å². The third kappa shape index (κ3) is 6.92. The summed E-state index contributed by atoms with van der Waals surface area (Å²) in [5.41, 5.74) is 4.81. The Morgan fingerprint density at radius 2 is 1.73 bits per heavy atom. The van der Waals surface area contributed by atoms with Gasteiger partial charge in [-0.1, -0.05) is 51.3 Å². The SMILES string of the molecule is CC(=O)O[C@]1(C(C)=O)CC[C@H]2[C@@H]3CCC4=CC(=O)CCC4=C3[C@@H](c3ccc(N(C)CCCCCCN[C@H](C(=O)O)C(C)C)cc3)C[C@@]21C. The molecule has 0 heterocycles. The van der Waals surface area contributed by atoms with E-state index in [1.165, 1.54) is 29.2 Å². The number of carbonyl (C=O) groups is 4. The number of nitrogens with zero attached hydrogens (tertiary/aromatic N) is 1. The summed E-state index contributed by atoms with van der Waals surface area (Å²) in [6.45, 7) is 10.7. The number of rotatable bonds is 14. The van der Waals surface area contributed by atoms with E-state index in [1.807, 2.05) is 19.9 Å². The number of esters is 1. The van der Waals surface area contributed by atoms with Crippen LogP contribution in [-0.2, 0) is 23.9 Å². The predicted octanol–water partition coefficient (Wildman–Crippen LogP) is 7.17. The smallest absolute Gasteiger partial charge is 0.320 e. The van der Waals surface area contributed by atoms with E-state index in [0.29, 0.717) is 25.3 Å². The number of hydrogen-bond donors (Lipinski definition) is 2. The molecule has 0 unspecified atom stereocenters. The Labute approximate surface area is 286 Å². The fraction of sp³-hybridized carbons (Fsp3) is 0.650. The predicted molar refractivity (Wildman–Crippen MR) is 188 cm³/mol. The van der Waals surface area contributed by atoms with Gasteiger partial charge in [-0.05, 0) is 118 Å². The summed E-state index contributed by atoms with van der Waals surface area (Å²) in [5, 5.41) is 12.5. The van der Waals surface area contributed by atoms with E-state index in [-0.39, 0.29) is 29.3 Å². The number of carboxylic acid groups (broad SMARTS) is 1. The lowest BCUT2D eigenvalue weighted by atomic mass is 9.50. The van der Waals surface area contributed by atoms with Crippen LogP contribution < -0.4 is 10.2 Å². The number of benzene rings is 1. The summed E-state index contributed by atoms with van der Waals surface area (Å²) in [7, 11) is 2.12. The van der Waals surface area contributed by atoms with Gasteiger partial charge in [0.1, 0.15) is 6.04 Å². The van der Waals surface area contributed by atoms with Gasteiger partial charge in [0.05, 0.1) is 0 Å². The molecular formula is C40H56N2O6. The standard InChI is InChI=1S/C40H56N2O6/c1-25(2)37(38(46)47)41-21-9-7-8-10-22-42(6)30-14-11-28(12-15-30)34-24-39(5)35(19-20-40(39,26(3)43)48-27(4)44)33-17-13-29-23-31(45)16-18-32(29)36(33)34/h11-12,14-15,23,25,33-35,37,41H,7-10,13,16-22,24H2,1-6H3,(H,46,47)/t33-,34+,35-,37-,39-,40-/m0/s1. The molecule has 0 bridgehead atoms. The maximum absolute atomic E-state index is 13.4. The van der Waals surface area contributed by atoms with Gasteiger partial charge >= 0.3 is 11.9 Å². The Hall–Kier alpha value is -3.26. The normalized spacial score (nSPS) is 28.7. The molecule has 0 saturated heterocycles. The first-order chi connectivity index (χ1) is 22.8. The summed E-state index contributed by atoms with van der Waals surface area (Å²) in [6.07, 6.45) is 11.4. The highest BCUT2D eigenvalue weighted by Crippen LogP contribution is 2.67. The van der Waals surface area contributed by atoms with Crippen molar-refractivity contribution in [1.82, 2.24) is 5.32 Å². The summed E-state index contributed by atoms with van der Waals surface area (Å²) in [5.74, 6) is -0.324. The number of ketones is 2. The molecule has 0 aliphatic heterocycles. The number of Topliss-reactive ketones (excluding diaryl/α,β-unsaturated/α-hetero) is 1. The quantitative estimate of drug-likeness (QED) is 0.160. The van der Waals surface area contributed by atoms with Crippen LogP contribution in [0.15, 0.2) is 47.1 Å². The van der Waals surface area contributed by atoms with Crippen molar-refractivity contribution in [3.63, 3.8) is 0 Å². The summed E-state index contributed by atoms with van der Waals surface area (Å²) in [6, 6.07) is 8.40. The zero-order valence-corrected chi connectivity index (χ0v) is 29.9. The molecule has 2 saturated carbocycles. The second kappa shape index (κ2) is 14.7. The molecule has 2 fully saturated rings. The number of carbonyl (C=O) groups excluding carboxylic acids is 3. The summed E-state index contributed by atoms with van der Waals surface area (Å²) < 4.78 is 6.07. The Balaban J connectivity index is 1.32. The molecule has 262 valence electrons. The van der Waals surface area contributed by atoms with E-state index in [4.69, 9.17) is 4.74 Å². The minimum Gasteiger partial charge on any atom is -0.480 e. The van der Waals surface area contributed by atoms with Crippen LogP contribution in [0, 0.1) is 23.2 Å². The highest BCUT2D eigenvalue weighted by atomic mass is 16.6. The fourth-order valence-corrected chi connectivity index (χ4v) is 9.79. The maximum Gasteiger partial charge on any atom is 0.320 e. The molecule has 0 amide bonds. The zero-order chi connectivity index (χ0) is 34.8. The summed E-state index contributed by atoms with van der Waals surface area (Å²) >= 11 is 0. The molecule has 1 aromatic rings. The highest BCUT2D eigenvalue weighted by molar-refractivity contribution is 5.93. The minimum absolute atomic E-state index is 0.0505. The molecule has 4 aliphatic carbocycles. The monoisotopic (exact) mass is 660 g/mol. The van der Waals surface area contributed by atoms with Crippen LogP contribution in [0.25, 0.3) is 0 Å². The Morgan fingerprint density at radius 1 is 1.02 bits per heavy atom. The lowest BCUT2D eigenvalue weighted by molar-refractivity contribution is -0.182. The second-order valence-electron chi connectivity index (χ2n) is 15.5. The Bertz CT molecular complexity index is 1460. The van der Waals surface area contributed by atoms with Crippen LogP contribution in [0.2, 0.25) is 0 Å². The molecular weight excluding hydrogens is 604 g/mol. The van der Waals surface area contributed by atoms with Crippen LogP contribution in [0.1, 0.15) is 117 Å². The van der Waals surface area contributed by atoms with Crippen molar-refractivity contribution >= 4 is 29.2 Å². The second-order valence-corrected chi connectivity index (χ2v) is 15.5. The number of fused-ring (bicyclic) bond motifs is 4. The lowest BCUT2D eigenvalue weighted by Crippen LogP contribution is -2.57. The summed E-state index contributed by atoms with van der Waals surface area (Å²) in [4.78, 5) is 52.0. The number of hydrogen-bond acceptors (Lipinski definition) is 7. The third-order valence-electron chi connectivity index (χ3n) is 12.2. The Morgan fingerprint density at radius 3 is 2.38 bits per heavy atom. The molecule has 0 aromatic heterocycles. The third-order valence-corrected chi connectivity index (χ3v) is 12.2. The van der Waals surface area contributed by atoms with Crippen LogP contribution in [0.5, 0.6) is 0 Å². The number of ether oxygens (including phenoxy) is 1. The highest BCUT2D eigenvalue weighted by Gasteiger charge is 2.67. The molecule has 1 aromatic carbocycles. The topological polar surface area (TPSA) is 113 Å². The minimum atomic E-state index is -1.11. The average Bonchev–Trinajstić information content (AvgIpc) is 3.33. The molecule has 0 spiro atoms. The first kappa shape index (κ1) is 36.0. The number of allylic oxidation sites excluding steroid dienone is 4. The van der Waals surface area contributed by atoms with Crippen molar-refractivity contribution in [2.75, 3.05) is 25.0 Å². The van der Waals surface area contributed by atoms with E-state index in [1.54, 1.807) is 6.92 Å². The van der Waals surface area contributed by atoms with E-state index in [2.05, 4.69) is 48.5 Å². The van der Waals surface area contributed by atoms with Gasteiger partial charge in [-0.3, -0.25) is 19.2 Å². The lowest BCUT2D eigenvalue weighted by Gasteiger charge is -2.55. The first-order valence-corrected chi connectivity index (χ1v) is 18.2. The van der Waals surface area contributed by atoms with E-state index in [0.717, 1.165) is 70.0 Å². The zero-order valence-electron chi connectivity index (χ0n) is 29.9. The van der Waals surface area contributed by atoms with E-state index in [9.17, 15) is 24.3 Å². The largest absolute Gasteiger partial charge is 0.480 e.